The van der Waals surface area contributed by atoms with Crippen LogP contribution < -0.4 is 0 Å². The zero-order valence-electron chi connectivity index (χ0n) is 8.89. The average Bonchev–Trinajstić information content (AvgIpc) is 2.63. The maximum Gasteiger partial charge on any atom is 0.129 e. The van der Waals surface area contributed by atoms with Gasteiger partial charge in [-0.3, -0.25) is 0 Å². The number of alkyl halides is 1. The third kappa shape index (κ3) is 3.32. The van der Waals surface area contributed by atoms with Crippen molar-refractivity contribution in [2.24, 2.45) is 0 Å². The third-order valence-electron chi connectivity index (χ3n) is 2.39. The van der Waals surface area contributed by atoms with Crippen molar-refractivity contribution in [1.82, 2.24) is 0 Å². The van der Waals surface area contributed by atoms with Crippen LogP contribution in [0.1, 0.15) is 15.3 Å². The van der Waals surface area contributed by atoms with Gasteiger partial charge in [0.1, 0.15) is 16.0 Å². The molecule has 0 fully saturated rings. The first-order valence-corrected chi connectivity index (χ1v) is 7.90. The van der Waals surface area contributed by atoms with E-state index in [0.717, 1.165) is 15.4 Å². The van der Waals surface area contributed by atoms with Crippen molar-refractivity contribution < 1.29 is 8.78 Å². The van der Waals surface area contributed by atoms with Gasteiger partial charge >= 0.3 is 0 Å². The van der Waals surface area contributed by atoms with Gasteiger partial charge in [0, 0.05) is 15.4 Å². The maximum atomic E-state index is 13.5. The summed E-state index contributed by atoms with van der Waals surface area (Å²) in [6.07, 6.45) is 0.440. The Balaban J connectivity index is 2.18. The van der Waals surface area contributed by atoms with E-state index in [9.17, 15) is 8.78 Å². The summed E-state index contributed by atoms with van der Waals surface area (Å²) in [4.78, 5) is 0.946. The molecule has 18 heavy (non-hydrogen) atoms. The number of halogens is 5. The molecule has 0 nitrogen and oxygen atoms in total. The van der Waals surface area contributed by atoms with Gasteiger partial charge < -0.3 is 0 Å². The molecule has 0 radical (unpaired) electrons. The van der Waals surface area contributed by atoms with Crippen LogP contribution in [0.25, 0.3) is 0 Å². The molecule has 6 heteroatoms. The Kier molecular flexibility index (Phi) is 4.80. The molecule has 96 valence electrons. The quantitative estimate of drug-likeness (QED) is 0.529. The molecule has 0 aliphatic heterocycles. The van der Waals surface area contributed by atoms with Crippen molar-refractivity contribution in [2.75, 3.05) is 0 Å². The lowest BCUT2D eigenvalue weighted by Gasteiger charge is -2.08. The first-order valence-electron chi connectivity index (χ1n) is 5.00. The summed E-state index contributed by atoms with van der Waals surface area (Å²) in [5.41, 5.74) is 0.471. The number of hydrogen-bond donors (Lipinski definition) is 0. The average molecular weight is 417 g/mol. The van der Waals surface area contributed by atoms with Gasteiger partial charge in [-0.2, -0.15) is 0 Å². The highest BCUT2D eigenvalue weighted by atomic mass is 79.9. The van der Waals surface area contributed by atoms with E-state index in [0.29, 0.717) is 16.3 Å². The van der Waals surface area contributed by atoms with Gasteiger partial charge in [0.15, 0.2) is 0 Å². The molecular formula is C12H7Br2ClF2S. The second-order valence-corrected chi connectivity index (χ2v) is 7.32. The van der Waals surface area contributed by atoms with E-state index in [1.807, 2.05) is 6.07 Å². The largest absolute Gasteiger partial charge is 0.207 e. The normalized spacial score (nSPS) is 12.7. The molecule has 1 atom stereocenters. The van der Waals surface area contributed by atoms with Gasteiger partial charge in [-0.15, -0.1) is 11.3 Å². The lowest BCUT2D eigenvalue weighted by Crippen LogP contribution is -1.97. The number of rotatable bonds is 3. The van der Waals surface area contributed by atoms with Crippen molar-refractivity contribution in [3.05, 3.63) is 55.1 Å². The fraction of sp³-hybridized carbons (Fsp3) is 0.167. The third-order valence-corrected chi connectivity index (χ3v) is 6.10. The summed E-state index contributed by atoms with van der Waals surface area (Å²) in [6.45, 7) is 0. The first kappa shape index (κ1) is 14.4. The molecule has 1 heterocycles. The second kappa shape index (κ2) is 5.99. The van der Waals surface area contributed by atoms with E-state index in [1.54, 1.807) is 0 Å². The van der Waals surface area contributed by atoms with Gasteiger partial charge in [-0.1, -0.05) is 33.6 Å². The minimum absolute atomic E-state index is 0.0498. The van der Waals surface area contributed by atoms with Crippen LogP contribution in [-0.4, -0.2) is 0 Å². The molecule has 0 amide bonds. The fourth-order valence-electron chi connectivity index (χ4n) is 1.50. The Morgan fingerprint density at radius 3 is 2.56 bits per heavy atom. The zero-order valence-corrected chi connectivity index (χ0v) is 13.6. The Morgan fingerprint density at radius 1 is 1.28 bits per heavy atom. The van der Waals surface area contributed by atoms with Crippen molar-refractivity contribution in [3.8, 4) is 0 Å². The predicted octanol–water partition coefficient (Wildman–Crippen LogP) is 6.12. The van der Waals surface area contributed by atoms with Crippen molar-refractivity contribution in [1.29, 1.82) is 0 Å². The molecule has 0 N–H and O–H groups in total. The Bertz CT molecular complexity index is 552. The molecule has 2 aromatic rings. The highest BCUT2D eigenvalue weighted by Crippen LogP contribution is 2.39. The van der Waals surface area contributed by atoms with Crippen LogP contribution >= 0.6 is 54.8 Å². The van der Waals surface area contributed by atoms with Crippen LogP contribution in [0.5, 0.6) is 0 Å². The SMILES string of the molecule is Fc1ccc(CC(Br)c2cc(Br)c(Cl)s2)c(F)c1. The number of hydrogen-bond acceptors (Lipinski definition) is 1. The lowest BCUT2D eigenvalue weighted by molar-refractivity contribution is 0.571. The summed E-state index contributed by atoms with van der Waals surface area (Å²) in [5, 5.41) is 0. The standard InChI is InChI=1S/C12H7Br2ClF2S/c13-8(11-5-9(14)12(15)18-11)3-6-1-2-7(16)4-10(6)17/h1-2,4-5,8H,3H2. The van der Waals surface area contributed by atoms with Gasteiger partial charge in [0.2, 0.25) is 0 Å². The summed E-state index contributed by atoms with van der Waals surface area (Å²) >= 11 is 14.2. The molecule has 0 aliphatic carbocycles. The monoisotopic (exact) mass is 414 g/mol. The molecule has 0 saturated carbocycles. The van der Waals surface area contributed by atoms with Crippen molar-refractivity contribution in [2.45, 2.75) is 11.2 Å². The van der Waals surface area contributed by atoms with E-state index >= 15 is 0 Å². The molecule has 1 aromatic carbocycles. The predicted molar refractivity (Wildman–Crippen MR) is 78.8 cm³/mol. The summed E-state index contributed by atoms with van der Waals surface area (Å²) < 4.78 is 27.8. The molecule has 0 spiro atoms. The van der Waals surface area contributed by atoms with E-state index in [4.69, 9.17) is 11.6 Å². The molecule has 1 unspecified atom stereocenters. The highest BCUT2D eigenvalue weighted by molar-refractivity contribution is 9.10. The van der Waals surface area contributed by atoms with Crippen LogP contribution in [-0.2, 0) is 6.42 Å². The molecular weight excluding hydrogens is 409 g/mol. The Morgan fingerprint density at radius 2 is 2.00 bits per heavy atom. The van der Waals surface area contributed by atoms with Crippen LogP contribution in [0, 0.1) is 11.6 Å². The van der Waals surface area contributed by atoms with Crippen molar-refractivity contribution in [3.63, 3.8) is 0 Å². The molecule has 1 aromatic heterocycles. The lowest BCUT2D eigenvalue weighted by atomic mass is 10.1. The van der Waals surface area contributed by atoms with Gasteiger partial charge in [0.05, 0.1) is 4.83 Å². The van der Waals surface area contributed by atoms with Crippen LogP contribution in [0.15, 0.2) is 28.7 Å². The fourth-order valence-corrected chi connectivity index (χ4v) is 3.97. The molecule has 0 bridgehead atoms. The minimum Gasteiger partial charge on any atom is -0.207 e. The zero-order chi connectivity index (χ0) is 13.3. The Hall–Kier alpha value is 0.0300. The van der Waals surface area contributed by atoms with Crippen LogP contribution in [0.2, 0.25) is 4.34 Å². The first-order chi connectivity index (χ1) is 8.47. The Labute approximate surface area is 129 Å². The van der Waals surface area contributed by atoms with Crippen LogP contribution in [0.4, 0.5) is 8.78 Å². The second-order valence-electron chi connectivity index (χ2n) is 3.68. The van der Waals surface area contributed by atoms with Gasteiger partial charge in [0.25, 0.3) is 0 Å². The van der Waals surface area contributed by atoms with E-state index in [-0.39, 0.29) is 4.83 Å². The summed E-state index contributed by atoms with van der Waals surface area (Å²) in [6, 6.07) is 5.51. The minimum atomic E-state index is -0.565. The molecule has 0 saturated heterocycles. The molecule has 0 aliphatic rings. The maximum absolute atomic E-state index is 13.5. The topological polar surface area (TPSA) is 0 Å². The van der Waals surface area contributed by atoms with Gasteiger partial charge in [-0.25, -0.2) is 8.78 Å². The van der Waals surface area contributed by atoms with Gasteiger partial charge in [-0.05, 0) is 40.0 Å². The van der Waals surface area contributed by atoms with E-state index < -0.39 is 11.6 Å². The summed E-state index contributed by atoms with van der Waals surface area (Å²) in [5.74, 6) is -1.09. The number of benzene rings is 1. The van der Waals surface area contributed by atoms with E-state index in [2.05, 4.69) is 31.9 Å². The summed E-state index contributed by atoms with van der Waals surface area (Å²) in [7, 11) is 0. The molecule has 2 rings (SSSR count). The smallest absolute Gasteiger partial charge is 0.129 e. The van der Waals surface area contributed by atoms with Crippen molar-refractivity contribution >= 4 is 54.8 Å². The van der Waals surface area contributed by atoms with Crippen LogP contribution in [0.3, 0.4) is 0 Å². The highest BCUT2D eigenvalue weighted by Gasteiger charge is 2.16. The number of thiophene rings is 1. The van der Waals surface area contributed by atoms with E-state index in [1.165, 1.54) is 23.5 Å².